The quantitative estimate of drug-likeness (QED) is 0.502. The number of ether oxygens (including phenoxy) is 2. The number of anilines is 1. The van der Waals surface area contributed by atoms with E-state index in [9.17, 15) is 4.79 Å². The maximum atomic E-state index is 12.7. The van der Waals surface area contributed by atoms with E-state index in [1.54, 1.807) is 0 Å². The number of nitrogens with zero attached hydrogens (tertiary/aromatic N) is 4. The fourth-order valence-corrected chi connectivity index (χ4v) is 3.79. The zero-order valence-electron chi connectivity index (χ0n) is 20.1. The molecular weight excluding hydrogens is 428 g/mol. The van der Waals surface area contributed by atoms with Crippen molar-refractivity contribution in [1.29, 1.82) is 0 Å². The molecule has 2 heterocycles. The molecule has 7 nitrogen and oxygen atoms in total. The number of aromatic nitrogens is 2. The summed E-state index contributed by atoms with van der Waals surface area (Å²) in [6, 6.07) is 19.4. The number of piperazine rings is 1. The molecule has 2 aromatic carbocycles. The number of aryl methyl sites for hydroxylation is 1. The van der Waals surface area contributed by atoms with E-state index in [0.29, 0.717) is 25.4 Å². The third-order valence-electron chi connectivity index (χ3n) is 5.77. The number of rotatable bonds is 8. The van der Waals surface area contributed by atoms with E-state index in [0.717, 1.165) is 41.7 Å². The number of hydrogen-bond acceptors (Lipinski definition) is 6. The van der Waals surface area contributed by atoms with Crippen LogP contribution in [0.15, 0.2) is 60.7 Å². The maximum Gasteiger partial charge on any atom is 0.260 e. The van der Waals surface area contributed by atoms with Crippen molar-refractivity contribution >= 4 is 11.7 Å². The largest absolute Gasteiger partial charge is 0.489 e. The molecule has 1 aromatic heterocycles. The zero-order chi connectivity index (χ0) is 23.9. The Hall–Kier alpha value is -3.61. The van der Waals surface area contributed by atoms with Crippen LogP contribution in [-0.4, -0.2) is 53.6 Å². The third kappa shape index (κ3) is 6.25. The van der Waals surface area contributed by atoms with Gasteiger partial charge in [-0.25, -0.2) is 9.97 Å². The van der Waals surface area contributed by atoms with Crippen molar-refractivity contribution in [2.75, 3.05) is 37.7 Å². The smallest absolute Gasteiger partial charge is 0.260 e. The van der Waals surface area contributed by atoms with Crippen molar-refractivity contribution in [2.45, 2.75) is 33.3 Å². The summed E-state index contributed by atoms with van der Waals surface area (Å²) in [4.78, 5) is 26.0. The Morgan fingerprint density at radius 2 is 1.56 bits per heavy atom. The molecule has 1 saturated heterocycles. The van der Waals surface area contributed by atoms with Crippen molar-refractivity contribution in [2.24, 2.45) is 0 Å². The van der Waals surface area contributed by atoms with Crippen LogP contribution in [0.4, 0.5) is 5.82 Å². The molecule has 178 valence electrons. The second kappa shape index (κ2) is 11.0. The Balaban J connectivity index is 1.23. The molecule has 1 amide bonds. The normalized spacial score (nSPS) is 13.8. The molecular formula is C27H32N4O3. The number of benzene rings is 2. The zero-order valence-corrected chi connectivity index (χ0v) is 20.1. The van der Waals surface area contributed by atoms with Gasteiger partial charge < -0.3 is 19.3 Å². The second-order valence-electron chi connectivity index (χ2n) is 8.78. The Morgan fingerprint density at radius 1 is 0.912 bits per heavy atom. The molecule has 1 aliphatic heterocycles. The van der Waals surface area contributed by atoms with Gasteiger partial charge in [-0.05, 0) is 36.8 Å². The maximum absolute atomic E-state index is 12.7. The van der Waals surface area contributed by atoms with Gasteiger partial charge in [-0.3, -0.25) is 4.79 Å². The fraction of sp³-hybridized carbons (Fsp3) is 0.370. The highest BCUT2D eigenvalue weighted by Gasteiger charge is 2.23. The number of hydrogen-bond donors (Lipinski definition) is 0. The Kier molecular flexibility index (Phi) is 7.62. The van der Waals surface area contributed by atoms with Gasteiger partial charge in [0.25, 0.3) is 5.91 Å². The topological polar surface area (TPSA) is 67.8 Å². The molecule has 0 atom stereocenters. The Bertz CT molecular complexity index is 1080. The summed E-state index contributed by atoms with van der Waals surface area (Å²) in [6.07, 6.45) is 0. The molecule has 0 saturated carbocycles. The highest BCUT2D eigenvalue weighted by molar-refractivity contribution is 5.78. The van der Waals surface area contributed by atoms with E-state index < -0.39 is 0 Å². The SMILES string of the molecule is Cc1cc(N2CCN(C(=O)COc3ccc(OCc4ccccc4)cc3)CC2)nc(C(C)C)n1. The van der Waals surface area contributed by atoms with E-state index in [1.807, 2.05) is 72.5 Å². The van der Waals surface area contributed by atoms with Crippen LogP contribution in [0.1, 0.15) is 36.8 Å². The molecule has 7 heteroatoms. The molecule has 0 spiro atoms. The highest BCUT2D eigenvalue weighted by atomic mass is 16.5. The number of amides is 1. The summed E-state index contributed by atoms with van der Waals surface area (Å²) in [5.74, 6) is 3.48. The summed E-state index contributed by atoms with van der Waals surface area (Å²) in [5, 5.41) is 0. The van der Waals surface area contributed by atoms with Gasteiger partial charge in [0.1, 0.15) is 29.7 Å². The fourth-order valence-electron chi connectivity index (χ4n) is 3.79. The van der Waals surface area contributed by atoms with Crippen LogP contribution in [-0.2, 0) is 11.4 Å². The van der Waals surface area contributed by atoms with Crippen LogP contribution in [0.5, 0.6) is 11.5 Å². The minimum absolute atomic E-state index is 0.00853. The van der Waals surface area contributed by atoms with Gasteiger partial charge in [0, 0.05) is 43.9 Å². The Morgan fingerprint density at radius 3 is 2.21 bits per heavy atom. The van der Waals surface area contributed by atoms with Gasteiger partial charge in [-0.1, -0.05) is 44.2 Å². The predicted molar refractivity (Wildman–Crippen MR) is 132 cm³/mol. The first-order valence-electron chi connectivity index (χ1n) is 11.8. The first-order chi connectivity index (χ1) is 16.5. The lowest BCUT2D eigenvalue weighted by Crippen LogP contribution is -2.50. The van der Waals surface area contributed by atoms with Crippen LogP contribution in [0.2, 0.25) is 0 Å². The monoisotopic (exact) mass is 460 g/mol. The lowest BCUT2D eigenvalue weighted by atomic mass is 10.2. The van der Waals surface area contributed by atoms with Gasteiger partial charge in [0.05, 0.1) is 0 Å². The second-order valence-corrected chi connectivity index (χ2v) is 8.78. The van der Waals surface area contributed by atoms with E-state index in [2.05, 4.69) is 23.7 Å². The summed E-state index contributed by atoms with van der Waals surface area (Å²) < 4.78 is 11.5. The van der Waals surface area contributed by atoms with Gasteiger partial charge in [-0.15, -0.1) is 0 Å². The lowest BCUT2D eigenvalue weighted by Gasteiger charge is -2.35. The molecule has 34 heavy (non-hydrogen) atoms. The first-order valence-corrected chi connectivity index (χ1v) is 11.8. The molecule has 1 fully saturated rings. The first kappa shape index (κ1) is 23.5. The van der Waals surface area contributed by atoms with Gasteiger partial charge in [0.2, 0.25) is 0 Å². The van der Waals surface area contributed by atoms with Gasteiger partial charge in [-0.2, -0.15) is 0 Å². The molecule has 3 aromatic rings. The average molecular weight is 461 g/mol. The standard InChI is InChI=1S/C27H32N4O3/c1-20(2)27-28-21(3)17-25(29-27)30-13-15-31(16-14-30)26(32)19-34-24-11-9-23(10-12-24)33-18-22-7-5-4-6-8-22/h4-12,17,20H,13-16,18-19H2,1-3H3. The van der Waals surface area contributed by atoms with Crippen LogP contribution in [0.3, 0.4) is 0 Å². The van der Waals surface area contributed by atoms with E-state index in [4.69, 9.17) is 14.5 Å². The summed E-state index contributed by atoms with van der Waals surface area (Å²) in [5.41, 5.74) is 2.08. The molecule has 0 bridgehead atoms. The summed E-state index contributed by atoms with van der Waals surface area (Å²) >= 11 is 0. The molecule has 0 aliphatic carbocycles. The summed E-state index contributed by atoms with van der Waals surface area (Å²) in [6.45, 7) is 9.51. The van der Waals surface area contributed by atoms with Crippen molar-refractivity contribution in [1.82, 2.24) is 14.9 Å². The number of carbonyl (C=O) groups is 1. The van der Waals surface area contributed by atoms with Crippen molar-refractivity contribution in [3.8, 4) is 11.5 Å². The van der Waals surface area contributed by atoms with E-state index in [1.165, 1.54) is 0 Å². The molecule has 0 N–H and O–H groups in total. The van der Waals surface area contributed by atoms with Crippen molar-refractivity contribution in [3.05, 3.63) is 77.7 Å². The lowest BCUT2D eigenvalue weighted by molar-refractivity contribution is -0.133. The predicted octanol–water partition coefficient (Wildman–Crippen LogP) is 4.22. The number of carbonyl (C=O) groups excluding carboxylic acids is 1. The van der Waals surface area contributed by atoms with E-state index in [-0.39, 0.29) is 18.4 Å². The minimum Gasteiger partial charge on any atom is -0.489 e. The molecule has 1 aliphatic rings. The molecule has 4 rings (SSSR count). The third-order valence-corrected chi connectivity index (χ3v) is 5.77. The van der Waals surface area contributed by atoms with Crippen LogP contribution < -0.4 is 14.4 Å². The van der Waals surface area contributed by atoms with Crippen LogP contribution in [0.25, 0.3) is 0 Å². The van der Waals surface area contributed by atoms with Gasteiger partial charge >= 0.3 is 0 Å². The van der Waals surface area contributed by atoms with Crippen LogP contribution >= 0.6 is 0 Å². The molecule has 0 unspecified atom stereocenters. The highest BCUT2D eigenvalue weighted by Crippen LogP contribution is 2.20. The minimum atomic E-state index is -0.00853. The van der Waals surface area contributed by atoms with Gasteiger partial charge in [0.15, 0.2) is 6.61 Å². The van der Waals surface area contributed by atoms with Crippen LogP contribution in [0, 0.1) is 6.92 Å². The summed E-state index contributed by atoms with van der Waals surface area (Å²) in [7, 11) is 0. The average Bonchev–Trinajstić information content (AvgIpc) is 2.87. The van der Waals surface area contributed by atoms with E-state index >= 15 is 0 Å². The Labute approximate surface area is 201 Å². The van der Waals surface area contributed by atoms with Crippen molar-refractivity contribution in [3.63, 3.8) is 0 Å². The molecule has 0 radical (unpaired) electrons. The van der Waals surface area contributed by atoms with Crippen molar-refractivity contribution < 1.29 is 14.3 Å².